The van der Waals surface area contributed by atoms with Gasteiger partial charge in [-0.25, -0.2) is 4.79 Å². The van der Waals surface area contributed by atoms with Crippen molar-refractivity contribution in [1.82, 2.24) is 0 Å². The van der Waals surface area contributed by atoms with E-state index in [2.05, 4.69) is 9.47 Å². The van der Waals surface area contributed by atoms with Crippen molar-refractivity contribution in [3.8, 4) is 11.8 Å². The number of nitriles is 1. The predicted molar refractivity (Wildman–Crippen MR) is 54.5 cm³/mol. The minimum absolute atomic E-state index is 0.219. The number of hydrogen-bond donors (Lipinski definition) is 0. The lowest BCUT2D eigenvalue weighted by Crippen LogP contribution is -2.13. The summed E-state index contributed by atoms with van der Waals surface area (Å²) in [4.78, 5) is 22.2. The summed E-state index contributed by atoms with van der Waals surface area (Å²) in [6.07, 6.45) is 0.241. The summed E-state index contributed by atoms with van der Waals surface area (Å²) in [5.74, 6) is -1.70. The van der Waals surface area contributed by atoms with Crippen LogP contribution in [0, 0.1) is 11.3 Å². The van der Waals surface area contributed by atoms with Crippen LogP contribution in [0.5, 0.6) is 5.75 Å². The van der Waals surface area contributed by atoms with Gasteiger partial charge in [0.15, 0.2) is 12.0 Å². The van der Waals surface area contributed by atoms with Crippen molar-refractivity contribution >= 4 is 12.3 Å². The molecule has 0 aromatic heterocycles. The van der Waals surface area contributed by atoms with Crippen LogP contribution in [-0.2, 0) is 4.74 Å². The van der Waals surface area contributed by atoms with E-state index in [4.69, 9.17) is 5.26 Å². The quantitative estimate of drug-likeness (QED) is 0.605. The molecule has 0 aliphatic rings. The number of nitrogens with zero attached hydrogens (tertiary/aromatic N) is 1. The molecule has 0 aliphatic carbocycles. The Balaban J connectivity index is 3.53. The van der Waals surface area contributed by atoms with Gasteiger partial charge in [-0.2, -0.15) is 14.0 Å². The molecule has 7 heteroatoms. The van der Waals surface area contributed by atoms with Crippen LogP contribution < -0.4 is 4.74 Å². The van der Waals surface area contributed by atoms with Gasteiger partial charge in [0.2, 0.25) is 0 Å². The van der Waals surface area contributed by atoms with Crippen LogP contribution in [0.15, 0.2) is 12.1 Å². The van der Waals surface area contributed by atoms with E-state index >= 15 is 0 Å². The largest absolute Gasteiger partial charge is 0.465 e. The minimum atomic E-state index is -3.24. The van der Waals surface area contributed by atoms with Gasteiger partial charge in [0.1, 0.15) is 11.6 Å². The normalized spacial score (nSPS) is 9.72. The van der Waals surface area contributed by atoms with Crippen LogP contribution in [0.4, 0.5) is 8.78 Å². The number of alkyl halides is 2. The maximum atomic E-state index is 12.2. The number of halogens is 2. The SMILES string of the molecule is COC(=O)c1c(C#N)ccc(C=O)c1OC(F)F. The van der Waals surface area contributed by atoms with Crippen molar-refractivity contribution in [1.29, 1.82) is 5.26 Å². The van der Waals surface area contributed by atoms with Gasteiger partial charge >= 0.3 is 12.6 Å². The molecular formula is C11H7F2NO4. The topological polar surface area (TPSA) is 76.4 Å². The lowest BCUT2D eigenvalue weighted by atomic mass is 10.0. The third kappa shape index (κ3) is 2.60. The minimum Gasteiger partial charge on any atom is -0.465 e. The number of ether oxygens (including phenoxy) is 2. The molecular weight excluding hydrogens is 248 g/mol. The van der Waals surface area contributed by atoms with E-state index in [0.29, 0.717) is 0 Å². The molecule has 0 atom stereocenters. The van der Waals surface area contributed by atoms with Gasteiger partial charge in [0.25, 0.3) is 0 Å². The molecule has 1 aromatic rings. The van der Waals surface area contributed by atoms with E-state index in [1.54, 1.807) is 6.07 Å². The van der Waals surface area contributed by atoms with E-state index in [1.807, 2.05) is 0 Å². The molecule has 0 radical (unpaired) electrons. The van der Waals surface area contributed by atoms with Crippen LogP contribution in [0.2, 0.25) is 0 Å². The molecule has 5 nitrogen and oxygen atoms in total. The first-order chi connectivity index (χ1) is 8.54. The second kappa shape index (κ2) is 5.72. The fourth-order valence-corrected chi connectivity index (χ4v) is 1.31. The Hall–Kier alpha value is -2.49. The van der Waals surface area contributed by atoms with E-state index < -0.39 is 23.9 Å². The summed E-state index contributed by atoms with van der Waals surface area (Å²) in [6.45, 7) is -3.24. The molecule has 0 saturated heterocycles. The number of aldehydes is 1. The number of esters is 1. The molecule has 0 unspecified atom stereocenters. The monoisotopic (exact) mass is 255 g/mol. The van der Waals surface area contributed by atoms with Crippen molar-refractivity contribution in [2.75, 3.05) is 7.11 Å². The van der Waals surface area contributed by atoms with Gasteiger partial charge < -0.3 is 9.47 Å². The fraction of sp³-hybridized carbons (Fsp3) is 0.182. The first kappa shape index (κ1) is 13.6. The molecule has 0 N–H and O–H groups in total. The van der Waals surface area contributed by atoms with Crippen LogP contribution in [-0.4, -0.2) is 26.0 Å². The summed E-state index contributed by atoms with van der Waals surface area (Å²) >= 11 is 0. The summed E-state index contributed by atoms with van der Waals surface area (Å²) in [7, 11) is 1.02. The fourth-order valence-electron chi connectivity index (χ4n) is 1.31. The Morgan fingerprint density at radius 3 is 2.61 bits per heavy atom. The zero-order valence-corrected chi connectivity index (χ0v) is 9.15. The van der Waals surface area contributed by atoms with Gasteiger partial charge in [-0.05, 0) is 12.1 Å². The molecule has 0 bridgehead atoms. The third-order valence-corrected chi connectivity index (χ3v) is 2.03. The van der Waals surface area contributed by atoms with E-state index in [9.17, 15) is 18.4 Å². The molecule has 0 spiro atoms. The van der Waals surface area contributed by atoms with E-state index in [1.165, 1.54) is 0 Å². The van der Waals surface area contributed by atoms with Crippen LogP contribution in [0.25, 0.3) is 0 Å². The molecule has 0 heterocycles. The highest BCUT2D eigenvalue weighted by Gasteiger charge is 2.24. The number of rotatable bonds is 4. The number of methoxy groups -OCH3 is 1. The van der Waals surface area contributed by atoms with E-state index in [0.717, 1.165) is 19.2 Å². The van der Waals surface area contributed by atoms with E-state index in [-0.39, 0.29) is 17.4 Å². The predicted octanol–water partition coefficient (Wildman–Crippen LogP) is 1.76. The lowest BCUT2D eigenvalue weighted by molar-refractivity contribution is -0.0506. The smallest absolute Gasteiger partial charge is 0.387 e. The van der Waals surface area contributed by atoms with Crippen molar-refractivity contribution in [2.24, 2.45) is 0 Å². The Kier molecular flexibility index (Phi) is 4.32. The maximum absolute atomic E-state index is 12.2. The maximum Gasteiger partial charge on any atom is 0.387 e. The second-order valence-corrected chi connectivity index (χ2v) is 3.01. The second-order valence-electron chi connectivity index (χ2n) is 3.01. The average molecular weight is 255 g/mol. The molecule has 0 saturated carbocycles. The van der Waals surface area contributed by atoms with Crippen molar-refractivity contribution in [2.45, 2.75) is 6.61 Å². The van der Waals surface area contributed by atoms with Crippen molar-refractivity contribution in [3.63, 3.8) is 0 Å². The highest BCUT2D eigenvalue weighted by molar-refractivity contribution is 5.98. The molecule has 0 amide bonds. The van der Waals surface area contributed by atoms with Crippen LogP contribution >= 0.6 is 0 Å². The Labute approximate surface area is 101 Å². The van der Waals surface area contributed by atoms with Gasteiger partial charge in [0, 0.05) is 0 Å². The van der Waals surface area contributed by atoms with Gasteiger partial charge in [0.05, 0.1) is 18.2 Å². The summed E-state index contributed by atoms with van der Waals surface area (Å²) in [5.41, 5.74) is -0.984. The zero-order chi connectivity index (χ0) is 13.7. The summed E-state index contributed by atoms with van der Waals surface area (Å²) in [5, 5.41) is 8.80. The number of hydrogen-bond acceptors (Lipinski definition) is 5. The molecule has 0 fully saturated rings. The summed E-state index contributed by atoms with van der Waals surface area (Å²) < 4.78 is 33.0. The van der Waals surface area contributed by atoms with Gasteiger partial charge in [-0.1, -0.05) is 0 Å². The molecule has 0 aliphatic heterocycles. The third-order valence-electron chi connectivity index (χ3n) is 2.03. The number of carbonyl (C=O) groups excluding carboxylic acids is 2. The Bertz CT molecular complexity index is 523. The van der Waals surface area contributed by atoms with Gasteiger partial charge in [-0.3, -0.25) is 4.79 Å². The van der Waals surface area contributed by atoms with Crippen molar-refractivity contribution in [3.05, 3.63) is 28.8 Å². The lowest BCUT2D eigenvalue weighted by Gasteiger charge is -2.12. The average Bonchev–Trinajstić information content (AvgIpc) is 2.36. The molecule has 1 rings (SSSR count). The first-order valence-electron chi connectivity index (χ1n) is 4.60. The molecule has 18 heavy (non-hydrogen) atoms. The van der Waals surface area contributed by atoms with Crippen LogP contribution in [0.3, 0.4) is 0 Å². The zero-order valence-electron chi connectivity index (χ0n) is 9.15. The number of carbonyl (C=O) groups is 2. The number of benzene rings is 1. The summed E-state index contributed by atoms with van der Waals surface area (Å²) in [6, 6.07) is 3.89. The highest BCUT2D eigenvalue weighted by atomic mass is 19.3. The Morgan fingerprint density at radius 2 is 2.17 bits per heavy atom. The standard InChI is InChI=1S/C11H7F2NO4/c1-17-10(16)8-6(4-14)2-3-7(5-15)9(8)18-11(12)13/h2-3,5,11H,1H3. The first-order valence-corrected chi connectivity index (χ1v) is 4.60. The highest BCUT2D eigenvalue weighted by Crippen LogP contribution is 2.28. The Morgan fingerprint density at radius 1 is 1.50 bits per heavy atom. The van der Waals surface area contributed by atoms with Crippen LogP contribution in [0.1, 0.15) is 26.3 Å². The van der Waals surface area contributed by atoms with Gasteiger partial charge in [-0.15, -0.1) is 0 Å². The molecule has 1 aromatic carbocycles. The van der Waals surface area contributed by atoms with Crippen molar-refractivity contribution < 1.29 is 27.8 Å². The molecule has 94 valence electrons.